The molecule has 7 heteroatoms. The van der Waals surface area contributed by atoms with Gasteiger partial charge in [-0.3, -0.25) is 4.79 Å². The lowest BCUT2D eigenvalue weighted by Crippen LogP contribution is -2.50. The van der Waals surface area contributed by atoms with Crippen LogP contribution in [0.3, 0.4) is 0 Å². The molecule has 0 aliphatic carbocycles. The van der Waals surface area contributed by atoms with Crippen LogP contribution in [0.2, 0.25) is 0 Å². The first kappa shape index (κ1) is 16.8. The number of ether oxygens (including phenoxy) is 1. The van der Waals surface area contributed by atoms with Crippen molar-refractivity contribution in [3.63, 3.8) is 0 Å². The highest BCUT2D eigenvalue weighted by atomic mass is 79.9. The number of carbonyl (C=O) groups excluding carboxylic acids is 2. The second-order valence-corrected chi connectivity index (χ2v) is 6.59. The lowest BCUT2D eigenvalue weighted by molar-refractivity contribution is 0.0547. The molecule has 0 spiro atoms. The Bertz CT molecular complexity index is 778. The van der Waals surface area contributed by atoms with Crippen molar-refractivity contribution in [2.45, 2.75) is 13.8 Å². The van der Waals surface area contributed by atoms with Crippen LogP contribution in [0.4, 0.5) is 4.79 Å². The molecule has 1 fully saturated rings. The van der Waals surface area contributed by atoms with Gasteiger partial charge in [0.15, 0.2) is 5.76 Å². The van der Waals surface area contributed by atoms with Crippen molar-refractivity contribution < 1.29 is 18.7 Å². The number of halogens is 1. The zero-order valence-electron chi connectivity index (χ0n) is 13.7. The molecule has 3 rings (SSSR count). The average molecular weight is 395 g/mol. The molecule has 0 saturated carbocycles. The molecular formula is C17H19BrN2O4. The first-order chi connectivity index (χ1) is 11.5. The number of nitrogens with zero attached hydrogens (tertiary/aromatic N) is 2. The fraction of sp³-hybridized carbons (Fsp3) is 0.412. The maximum atomic E-state index is 12.8. The number of amides is 2. The van der Waals surface area contributed by atoms with E-state index >= 15 is 0 Å². The van der Waals surface area contributed by atoms with Gasteiger partial charge < -0.3 is 19.0 Å². The first-order valence-corrected chi connectivity index (χ1v) is 8.70. The zero-order valence-corrected chi connectivity index (χ0v) is 15.3. The summed E-state index contributed by atoms with van der Waals surface area (Å²) in [5.74, 6) is 0.232. The number of furan rings is 1. The predicted octanol–water partition coefficient (Wildman–Crippen LogP) is 3.42. The van der Waals surface area contributed by atoms with E-state index in [1.807, 2.05) is 25.1 Å². The third kappa shape index (κ3) is 3.13. The Kier molecular flexibility index (Phi) is 4.80. The van der Waals surface area contributed by atoms with Gasteiger partial charge in [0.1, 0.15) is 5.58 Å². The Morgan fingerprint density at radius 1 is 1.21 bits per heavy atom. The molecule has 1 saturated heterocycles. The number of piperazine rings is 1. The normalized spacial score (nSPS) is 15.0. The van der Waals surface area contributed by atoms with E-state index in [0.717, 1.165) is 15.4 Å². The highest BCUT2D eigenvalue weighted by Gasteiger charge is 2.28. The van der Waals surface area contributed by atoms with Gasteiger partial charge >= 0.3 is 6.09 Å². The van der Waals surface area contributed by atoms with Crippen molar-refractivity contribution >= 4 is 38.9 Å². The molecule has 1 aliphatic heterocycles. The van der Waals surface area contributed by atoms with E-state index in [2.05, 4.69) is 15.9 Å². The third-order valence-electron chi connectivity index (χ3n) is 4.19. The molecule has 24 heavy (non-hydrogen) atoms. The lowest BCUT2D eigenvalue weighted by Gasteiger charge is -2.33. The first-order valence-electron chi connectivity index (χ1n) is 7.91. The van der Waals surface area contributed by atoms with Crippen LogP contribution in [-0.4, -0.2) is 54.6 Å². The number of rotatable bonds is 2. The number of hydrogen-bond acceptors (Lipinski definition) is 4. The number of benzene rings is 1. The molecule has 128 valence electrons. The predicted molar refractivity (Wildman–Crippen MR) is 93.1 cm³/mol. The molecule has 1 aromatic heterocycles. The number of carbonyl (C=O) groups is 2. The Balaban J connectivity index is 1.74. The van der Waals surface area contributed by atoms with Crippen LogP contribution in [0.25, 0.3) is 11.0 Å². The van der Waals surface area contributed by atoms with E-state index in [4.69, 9.17) is 9.15 Å². The topological polar surface area (TPSA) is 63.0 Å². The van der Waals surface area contributed by atoms with Gasteiger partial charge in [0.05, 0.1) is 6.61 Å². The Labute approximate surface area is 148 Å². The molecule has 6 nitrogen and oxygen atoms in total. The number of aryl methyl sites for hydroxylation is 1. The molecular weight excluding hydrogens is 376 g/mol. The summed E-state index contributed by atoms with van der Waals surface area (Å²) in [6.07, 6.45) is -0.325. The molecule has 2 aromatic rings. The summed E-state index contributed by atoms with van der Waals surface area (Å²) < 4.78 is 11.7. The molecule has 2 heterocycles. The molecule has 0 atom stereocenters. The summed E-state index contributed by atoms with van der Waals surface area (Å²) >= 11 is 3.44. The van der Waals surface area contributed by atoms with Crippen LogP contribution < -0.4 is 0 Å². The van der Waals surface area contributed by atoms with Gasteiger partial charge in [-0.05, 0) is 32.0 Å². The van der Waals surface area contributed by atoms with Gasteiger partial charge in [-0.1, -0.05) is 15.9 Å². The van der Waals surface area contributed by atoms with Crippen LogP contribution in [0.1, 0.15) is 23.0 Å². The van der Waals surface area contributed by atoms with Crippen molar-refractivity contribution in [3.8, 4) is 0 Å². The van der Waals surface area contributed by atoms with Gasteiger partial charge in [0.2, 0.25) is 0 Å². The van der Waals surface area contributed by atoms with Crippen molar-refractivity contribution in [1.82, 2.24) is 9.80 Å². The van der Waals surface area contributed by atoms with Gasteiger partial charge in [0, 0.05) is 41.6 Å². The SMILES string of the molecule is CCOC(=O)N1CCN(C(=O)c2oc3ccc(Br)cc3c2C)CC1. The monoisotopic (exact) mass is 394 g/mol. The van der Waals surface area contributed by atoms with Gasteiger partial charge in [-0.25, -0.2) is 4.79 Å². The molecule has 0 bridgehead atoms. The molecule has 0 N–H and O–H groups in total. The van der Waals surface area contributed by atoms with Gasteiger partial charge in [-0.15, -0.1) is 0 Å². The number of hydrogen-bond donors (Lipinski definition) is 0. The highest BCUT2D eigenvalue weighted by molar-refractivity contribution is 9.10. The Hall–Kier alpha value is -2.02. The molecule has 1 aromatic carbocycles. The van der Waals surface area contributed by atoms with Crippen LogP contribution in [0, 0.1) is 6.92 Å². The van der Waals surface area contributed by atoms with Crippen molar-refractivity contribution in [3.05, 3.63) is 34.0 Å². The molecule has 0 radical (unpaired) electrons. The second kappa shape index (κ2) is 6.84. The van der Waals surface area contributed by atoms with Crippen LogP contribution in [0.15, 0.2) is 27.1 Å². The van der Waals surface area contributed by atoms with E-state index in [9.17, 15) is 9.59 Å². The summed E-state index contributed by atoms with van der Waals surface area (Å²) in [4.78, 5) is 27.8. The van der Waals surface area contributed by atoms with Crippen LogP contribution in [-0.2, 0) is 4.74 Å². The molecule has 2 amide bonds. The summed E-state index contributed by atoms with van der Waals surface area (Å²) in [7, 11) is 0. The smallest absolute Gasteiger partial charge is 0.409 e. The fourth-order valence-corrected chi connectivity index (χ4v) is 3.21. The minimum atomic E-state index is -0.325. The zero-order chi connectivity index (χ0) is 17.3. The minimum Gasteiger partial charge on any atom is -0.451 e. The lowest BCUT2D eigenvalue weighted by atomic mass is 10.1. The molecule has 1 aliphatic rings. The largest absolute Gasteiger partial charge is 0.451 e. The second-order valence-electron chi connectivity index (χ2n) is 5.67. The average Bonchev–Trinajstić information content (AvgIpc) is 2.91. The minimum absolute atomic E-state index is 0.136. The standard InChI is InChI=1S/C17H19BrN2O4/c1-3-23-17(22)20-8-6-19(7-9-20)16(21)15-11(2)13-10-12(18)4-5-14(13)24-15/h4-5,10H,3,6-9H2,1-2H3. The summed E-state index contributed by atoms with van der Waals surface area (Å²) in [6, 6.07) is 5.68. The highest BCUT2D eigenvalue weighted by Crippen LogP contribution is 2.29. The van der Waals surface area contributed by atoms with E-state index in [1.54, 1.807) is 16.7 Å². The van der Waals surface area contributed by atoms with Gasteiger partial charge in [0.25, 0.3) is 5.91 Å². The van der Waals surface area contributed by atoms with Crippen LogP contribution in [0.5, 0.6) is 0 Å². The van der Waals surface area contributed by atoms with E-state index in [1.165, 1.54) is 0 Å². The quantitative estimate of drug-likeness (QED) is 0.782. The van der Waals surface area contributed by atoms with Gasteiger partial charge in [-0.2, -0.15) is 0 Å². The van der Waals surface area contributed by atoms with Crippen molar-refractivity contribution in [1.29, 1.82) is 0 Å². The summed E-state index contributed by atoms with van der Waals surface area (Å²) in [6.45, 7) is 5.90. The van der Waals surface area contributed by atoms with Crippen molar-refractivity contribution in [2.24, 2.45) is 0 Å². The van der Waals surface area contributed by atoms with E-state index in [0.29, 0.717) is 44.1 Å². The third-order valence-corrected chi connectivity index (χ3v) is 4.68. The molecule has 0 unspecified atom stereocenters. The summed E-state index contributed by atoms with van der Waals surface area (Å²) in [5.41, 5.74) is 1.54. The summed E-state index contributed by atoms with van der Waals surface area (Å²) in [5, 5.41) is 0.929. The maximum Gasteiger partial charge on any atom is 0.409 e. The Morgan fingerprint density at radius 2 is 1.88 bits per heavy atom. The maximum absolute atomic E-state index is 12.8. The van der Waals surface area contributed by atoms with Crippen LogP contribution >= 0.6 is 15.9 Å². The Morgan fingerprint density at radius 3 is 2.54 bits per heavy atom. The number of fused-ring (bicyclic) bond motifs is 1. The van der Waals surface area contributed by atoms with E-state index < -0.39 is 0 Å². The van der Waals surface area contributed by atoms with Crippen molar-refractivity contribution in [2.75, 3.05) is 32.8 Å². The van der Waals surface area contributed by atoms with E-state index in [-0.39, 0.29) is 12.0 Å². The fourth-order valence-electron chi connectivity index (χ4n) is 2.85.